The summed E-state index contributed by atoms with van der Waals surface area (Å²) in [5.74, 6) is 2.90. The van der Waals surface area contributed by atoms with Crippen LogP contribution in [0.4, 0.5) is 0 Å². The van der Waals surface area contributed by atoms with Crippen molar-refractivity contribution in [2.45, 2.75) is 137 Å². The third-order valence-electron chi connectivity index (χ3n) is 8.73. The van der Waals surface area contributed by atoms with Crippen LogP contribution in [0.1, 0.15) is 148 Å². The zero-order valence-corrected chi connectivity index (χ0v) is 25.5. The van der Waals surface area contributed by atoms with Crippen molar-refractivity contribution in [3.63, 3.8) is 0 Å². The summed E-state index contributed by atoms with van der Waals surface area (Å²) >= 11 is 0. The third kappa shape index (κ3) is 12.2. The Balaban J connectivity index is 2.06. The number of hydrogen-bond donors (Lipinski definition) is 0. The Morgan fingerprint density at radius 3 is 1.14 bits per heavy atom. The largest absolute Gasteiger partial charge is 0.0628 e. The molecule has 208 valence electrons. The minimum atomic E-state index is 0.220. The minimum Gasteiger partial charge on any atom is -0.0628 e. The zero-order chi connectivity index (χ0) is 26.9. The van der Waals surface area contributed by atoms with Crippen molar-refractivity contribution < 1.29 is 0 Å². The first kappa shape index (κ1) is 31.7. The third-order valence-corrected chi connectivity index (χ3v) is 8.73. The predicted octanol–water partition coefficient (Wildman–Crippen LogP) is 12.2. The summed E-state index contributed by atoms with van der Waals surface area (Å²) in [4.78, 5) is 0. The SMILES string of the molecule is CC(C)CCCCCCCC(CCCCCCCC(C)C)C(C)(C)C(c1ccccc1)c1ccccc1. The maximum Gasteiger partial charge on any atom is 0.0143 e. The van der Waals surface area contributed by atoms with Crippen LogP contribution in [-0.4, -0.2) is 0 Å². The van der Waals surface area contributed by atoms with Gasteiger partial charge in [0.25, 0.3) is 0 Å². The Kier molecular flexibility index (Phi) is 15.3. The van der Waals surface area contributed by atoms with Gasteiger partial charge < -0.3 is 0 Å². The van der Waals surface area contributed by atoms with Gasteiger partial charge in [-0.2, -0.15) is 0 Å². The van der Waals surface area contributed by atoms with Crippen molar-refractivity contribution in [3.05, 3.63) is 71.8 Å². The van der Waals surface area contributed by atoms with Crippen LogP contribution in [-0.2, 0) is 0 Å². The highest BCUT2D eigenvalue weighted by Gasteiger charge is 2.38. The fourth-order valence-corrected chi connectivity index (χ4v) is 6.41. The van der Waals surface area contributed by atoms with Crippen LogP contribution in [0.15, 0.2) is 60.7 Å². The second-order valence-corrected chi connectivity index (χ2v) is 13.3. The average molecular weight is 505 g/mol. The van der Waals surface area contributed by atoms with Gasteiger partial charge in [-0.15, -0.1) is 0 Å². The molecule has 2 aromatic rings. The fourth-order valence-electron chi connectivity index (χ4n) is 6.41. The lowest BCUT2D eigenvalue weighted by atomic mass is 9.62. The summed E-state index contributed by atoms with van der Waals surface area (Å²) in [7, 11) is 0. The predicted molar refractivity (Wildman–Crippen MR) is 166 cm³/mol. The highest BCUT2D eigenvalue weighted by Crippen LogP contribution is 2.49. The van der Waals surface area contributed by atoms with E-state index >= 15 is 0 Å². The molecule has 0 spiro atoms. The van der Waals surface area contributed by atoms with E-state index in [1.165, 1.54) is 101 Å². The molecule has 0 aliphatic carbocycles. The standard InChI is InChI=1S/C37H60/c1-31(2)23-15-9-7-11-21-29-35(30-22-12-8-10-16-24-32(3)4)37(5,6)36(33-25-17-13-18-26-33)34-27-19-14-20-28-34/h13-14,17-20,25-28,31-32,35-36H,7-12,15-16,21-24,29-30H2,1-6H3. The maximum absolute atomic E-state index is 2.58. The van der Waals surface area contributed by atoms with E-state index in [9.17, 15) is 0 Å². The van der Waals surface area contributed by atoms with Crippen molar-refractivity contribution in [1.82, 2.24) is 0 Å². The molecular weight excluding hydrogens is 444 g/mol. The Hall–Kier alpha value is -1.56. The van der Waals surface area contributed by atoms with Gasteiger partial charge in [0.15, 0.2) is 0 Å². The Morgan fingerprint density at radius 2 is 0.784 bits per heavy atom. The Labute approximate surface area is 232 Å². The van der Waals surface area contributed by atoms with Gasteiger partial charge in [-0.25, -0.2) is 0 Å². The molecule has 2 rings (SSSR count). The molecular formula is C37H60. The van der Waals surface area contributed by atoms with Crippen LogP contribution in [0.3, 0.4) is 0 Å². The molecule has 0 nitrogen and oxygen atoms in total. The van der Waals surface area contributed by atoms with Crippen molar-refractivity contribution in [3.8, 4) is 0 Å². The average Bonchev–Trinajstić information content (AvgIpc) is 2.87. The number of hydrogen-bond acceptors (Lipinski definition) is 0. The molecule has 0 saturated carbocycles. The molecule has 0 atom stereocenters. The van der Waals surface area contributed by atoms with Crippen LogP contribution < -0.4 is 0 Å². The van der Waals surface area contributed by atoms with E-state index in [2.05, 4.69) is 102 Å². The van der Waals surface area contributed by atoms with Gasteiger partial charge >= 0.3 is 0 Å². The number of rotatable bonds is 20. The monoisotopic (exact) mass is 504 g/mol. The number of unbranched alkanes of at least 4 members (excludes halogenated alkanes) is 8. The van der Waals surface area contributed by atoms with Gasteiger partial charge in [0.1, 0.15) is 0 Å². The molecule has 0 N–H and O–H groups in total. The summed E-state index contributed by atoms with van der Waals surface area (Å²) in [5.41, 5.74) is 3.18. The molecule has 0 aliphatic rings. The lowest BCUT2D eigenvalue weighted by Crippen LogP contribution is -2.32. The van der Waals surface area contributed by atoms with Crippen molar-refractivity contribution >= 4 is 0 Å². The molecule has 0 heteroatoms. The number of benzene rings is 2. The van der Waals surface area contributed by atoms with E-state index in [0.717, 1.165) is 17.8 Å². The smallest absolute Gasteiger partial charge is 0.0143 e. The van der Waals surface area contributed by atoms with Crippen molar-refractivity contribution in [1.29, 1.82) is 0 Å². The molecule has 0 fully saturated rings. The maximum atomic E-state index is 2.58. The molecule has 2 aromatic carbocycles. The van der Waals surface area contributed by atoms with Crippen LogP contribution in [0, 0.1) is 23.2 Å². The second-order valence-electron chi connectivity index (χ2n) is 13.3. The lowest BCUT2D eigenvalue weighted by Gasteiger charge is -2.42. The molecule has 37 heavy (non-hydrogen) atoms. The van der Waals surface area contributed by atoms with Crippen LogP contribution in [0.2, 0.25) is 0 Å². The van der Waals surface area contributed by atoms with Crippen LogP contribution >= 0.6 is 0 Å². The van der Waals surface area contributed by atoms with Crippen molar-refractivity contribution in [2.75, 3.05) is 0 Å². The lowest BCUT2D eigenvalue weighted by molar-refractivity contribution is 0.153. The Morgan fingerprint density at radius 1 is 0.459 bits per heavy atom. The van der Waals surface area contributed by atoms with Crippen LogP contribution in [0.5, 0.6) is 0 Å². The first-order chi connectivity index (χ1) is 17.8. The van der Waals surface area contributed by atoms with E-state index in [1.54, 1.807) is 0 Å². The summed E-state index contributed by atoms with van der Waals surface area (Å²) in [6, 6.07) is 22.7. The quantitative estimate of drug-likeness (QED) is 0.157. The highest BCUT2D eigenvalue weighted by molar-refractivity contribution is 5.35. The van der Waals surface area contributed by atoms with E-state index in [1.807, 2.05) is 0 Å². The van der Waals surface area contributed by atoms with Gasteiger partial charge in [-0.05, 0) is 47.1 Å². The second kappa shape index (κ2) is 17.9. The van der Waals surface area contributed by atoms with Gasteiger partial charge in [0.05, 0.1) is 0 Å². The summed E-state index contributed by atoms with van der Waals surface area (Å²) in [5, 5.41) is 0. The van der Waals surface area contributed by atoms with Gasteiger partial charge in [0.2, 0.25) is 0 Å². The zero-order valence-electron chi connectivity index (χ0n) is 25.5. The first-order valence-corrected chi connectivity index (χ1v) is 15.9. The van der Waals surface area contributed by atoms with E-state index in [4.69, 9.17) is 0 Å². The van der Waals surface area contributed by atoms with Gasteiger partial charge in [-0.1, -0.05) is 179 Å². The van der Waals surface area contributed by atoms with E-state index in [-0.39, 0.29) is 5.41 Å². The first-order valence-electron chi connectivity index (χ1n) is 15.9. The van der Waals surface area contributed by atoms with Gasteiger partial charge in [-0.3, -0.25) is 0 Å². The molecule has 0 bridgehead atoms. The minimum absolute atomic E-state index is 0.220. The van der Waals surface area contributed by atoms with E-state index in [0.29, 0.717) is 5.92 Å². The molecule has 0 aliphatic heterocycles. The molecule has 0 amide bonds. The topological polar surface area (TPSA) is 0 Å². The summed E-state index contributed by atoms with van der Waals surface area (Å²) in [6.07, 6.45) is 19.6. The van der Waals surface area contributed by atoms with Crippen LogP contribution in [0.25, 0.3) is 0 Å². The van der Waals surface area contributed by atoms with Crippen molar-refractivity contribution in [2.24, 2.45) is 23.2 Å². The highest BCUT2D eigenvalue weighted by atomic mass is 14.4. The van der Waals surface area contributed by atoms with Gasteiger partial charge in [0, 0.05) is 5.92 Å². The molecule has 0 saturated heterocycles. The fraction of sp³-hybridized carbons (Fsp3) is 0.676. The molecule has 0 unspecified atom stereocenters. The molecule has 0 radical (unpaired) electrons. The summed E-state index contributed by atoms with van der Waals surface area (Å²) < 4.78 is 0. The molecule has 0 heterocycles. The van der Waals surface area contributed by atoms with E-state index < -0.39 is 0 Å². The normalized spacial score (nSPS) is 12.4. The Bertz CT molecular complexity index is 724. The molecule has 0 aromatic heterocycles. The summed E-state index contributed by atoms with van der Waals surface area (Å²) in [6.45, 7) is 14.6.